The van der Waals surface area contributed by atoms with Crippen molar-refractivity contribution in [2.24, 2.45) is 0 Å². The third-order valence-corrected chi connectivity index (χ3v) is 9.39. The van der Waals surface area contributed by atoms with Gasteiger partial charge in [0.1, 0.15) is 6.10 Å². The fourth-order valence-corrected chi connectivity index (χ4v) is 6.41. The molecule has 0 amide bonds. The number of aliphatic hydroxyl groups is 1. The van der Waals surface area contributed by atoms with Gasteiger partial charge in [-0.2, -0.15) is 0 Å². The number of nitrogens with zero attached hydrogens (tertiary/aromatic N) is 1. The van der Waals surface area contributed by atoms with Crippen LogP contribution in [-0.2, 0) is 19.1 Å². The smallest absolute Gasteiger partial charge is 0.306 e. The number of hydrogen-bond donors (Lipinski definition) is 1. The fraction of sp³-hybridized carbons (Fsp3) is 0.854. The molecule has 6 heteroatoms. The van der Waals surface area contributed by atoms with Crippen molar-refractivity contribution in [3.63, 3.8) is 0 Å². The molecule has 1 aliphatic heterocycles. The second-order valence-electron chi connectivity index (χ2n) is 13.8. The van der Waals surface area contributed by atoms with Crippen molar-refractivity contribution in [3.8, 4) is 11.8 Å². The average molecular weight is 660 g/mol. The van der Waals surface area contributed by atoms with E-state index in [4.69, 9.17) is 9.47 Å². The molecule has 272 valence electrons. The van der Waals surface area contributed by atoms with E-state index in [0.717, 1.165) is 142 Å². The van der Waals surface area contributed by atoms with E-state index in [2.05, 4.69) is 37.5 Å². The normalized spacial score (nSPS) is 21.1. The zero-order valence-corrected chi connectivity index (χ0v) is 31.0. The number of ether oxygens (including phenoxy) is 2. The summed E-state index contributed by atoms with van der Waals surface area (Å²) in [5.74, 6) is 6.60. The molecule has 47 heavy (non-hydrogen) atoms. The largest absolute Gasteiger partial charge is 0.466 e. The van der Waals surface area contributed by atoms with Crippen LogP contribution in [0.5, 0.6) is 0 Å². The molecule has 0 aliphatic carbocycles. The molecule has 0 fully saturated rings. The van der Waals surface area contributed by atoms with Crippen molar-refractivity contribution in [3.05, 3.63) is 11.1 Å². The molecule has 1 atom stereocenters. The molecule has 0 saturated heterocycles. The van der Waals surface area contributed by atoms with Gasteiger partial charge in [-0.05, 0) is 110 Å². The summed E-state index contributed by atoms with van der Waals surface area (Å²) in [6.45, 7) is 10.4. The number of rotatable bonds is 13. The van der Waals surface area contributed by atoms with Gasteiger partial charge < -0.3 is 19.5 Å². The van der Waals surface area contributed by atoms with E-state index >= 15 is 0 Å². The predicted octanol–water partition coefficient (Wildman–Crippen LogP) is 10.3. The number of carbonyl (C=O) groups excluding carboxylic acids is 2. The highest BCUT2D eigenvalue weighted by Crippen LogP contribution is 2.23. The molecule has 1 rings (SSSR count). The SMILES string of the molecule is CCCCCCCCC1CCC/C(=C(\C)CCC)CC#CCCCOC(=O)CCCCN(CCCCO)CCCCCCCC(=O)O1. The molecule has 1 heterocycles. The zero-order chi connectivity index (χ0) is 34.2. The summed E-state index contributed by atoms with van der Waals surface area (Å²) < 4.78 is 11.6. The lowest BCUT2D eigenvalue weighted by Crippen LogP contribution is -2.27. The molecular formula is C41H73NO5. The van der Waals surface area contributed by atoms with Gasteiger partial charge in [0.25, 0.3) is 0 Å². The Kier molecular flexibility index (Phi) is 28.9. The van der Waals surface area contributed by atoms with Gasteiger partial charge >= 0.3 is 11.9 Å². The summed E-state index contributed by atoms with van der Waals surface area (Å²) in [5, 5.41) is 9.21. The summed E-state index contributed by atoms with van der Waals surface area (Å²) in [4.78, 5) is 27.6. The Bertz CT molecular complexity index is 873. The first-order valence-electron chi connectivity index (χ1n) is 19.8. The molecule has 0 spiro atoms. The summed E-state index contributed by atoms with van der Waals surface area (Å²) in [5.41, 5.74) is 2.90. The molecule has 0 aromatic heterocycles. The summed E-state index contributed by atoms with van der Waals surface area (Å²) in [6.07, 6.45) is 26.1. The molecule has 1 aliphatic rings. The highest BCUT2D eigenvalue weighted by molar-refractivity contribution is 5.69. The average Bonchev–Trinajstić information content (AvgIpc) is 3.05. The minimum Gasteiger partial charge on any atom is -0.466 e. The van der Waals surface area contributed by atoms with Crippen molar-refractivity contribution in [2.75, 3.05) is 32.8 Å². The maximum absolute atomic E-state index is 12.9. The van der Waals surface area contributed by atoms with Gasteiger partial charge in [0, 0.05) is 32.3 Å². The van der Waals surface area contributed by atoms with Crippen LogP contribution in [0.4, 0.5) is 0 Å². The van der Waals surface area contributed by atoms with E-state index < -0.39 is 0 Å². The monoisotopic (exact) mass is 660 g/mol. The van der Waals surface area contributed by atoms with Crippen LogP contribution in [0.25, 0.3) is 0 Å². The Labute approximate surface area is 290 Å². The van der Waals surface area contributed by atoms with Crippen molar-refractivity contribution < 1.29 is 24.2 Å². The molecule has 0 aromatic rings. The topological polar surface area (TPSA) is 76.1 Å². The van der Waals surface area contributed by atoms with Crippen LogP contribution in [0.2, 0.25) is 0 Å². The number of esters is 2. The van der Waals surface area contributed by atoms with Crippen LogP contribution in [-0.4, -0.2) is 60.9 Å². The standard InChI is InChI=1S/C41H73NO5/c1-4-6-7-8-10-16-28-39-29-24-27-38(37(3)25-5-2)26-15-12-14-23-36-46-40(44)30-18-20-33-42(34-21-22-35-43)32-19-13-9-11-17-31-41(45)47-39/h39,43H,4-11,13-14,16-36H2,1-3H3/b38-37+. The number of carbonyl (C=O) groups is 2. The van der Waals surface area contributed by atoms with Gasteiger partial charge in [0.15, 0.2) is 0 Å². The second kappa shape index (κ2) is 31.4. The molecule has 0 aromatic carbocycles. The second-order valence-corrected chi connectivity index (χ2v) is 13.8. The Morgan fingerprint density at radius 2 is 1.47 bits per heavy atom. The molecule has 0 saturated carbocycles. The van der Waals surface area contributed by atoms with Crippen molar-refractivity contribution in [1.82, 2.24) is 4.90 Å². The van der Waals surface area contributed by atoms with Crippen LogP contribution in [0, 0.1) is 11.8 Å². The highest BCUT2D eigenvalue weighted by atomic mass is 16.5. The Hall–Kier alpha value is -1.84. The molecule has 0 bridgehead atoms. The van der Waals surface area contributed by atoms with Gasteiger partial charge in [-0.1, -0.05) is 88.7 Å². The third kappa shape index (κ3) is 25.8. The lowest BCUT2D eigenvalue weighted by atomic mass is 9.95. The predicted molar refractivity (Wildman–Crippen MR) is 196 cm³/mol. The number of hydrogen-bond acceptors (Lipinski definition) is 6. The third-order valence-electron chi connectivity index (χ3n) is 9.39. The molecule has 1 unspecified atom stereocenters. The van der Waals surface area contributed by atoms with E-state index in [-0.39, 0.29) is 24.6 Å². The van der Waals surface area contributed by atoms with Gasteiger partial charge in [0.05, 0.1) is 6.61 Å². The first-order valence-corrected chi connectivity index (χ1v) is 19.8. The van der Waals surface area contributed by atoms with Gasteiger partial charge in [-0.25, -0.2) is 0 Å². The van der Waals surface area contributed by atoms with E-state index in [1.807, 2.05) is 0 Å². The van der Waals surface area contributed by atoms with E-state index in [0.29, 0.717) is 19.4 Å². The van der Waals surface area contributed by atoms with E-state index in [1.165, 1.54) is 43.3 Å². The van der Waals surface area contributed by atoms with Gasteiger partial charge in [0.2, 0.25) is 0 Å². The van der Waals surface area contributed by atoms with Crippen LogP contribution in [0.15, 0.2) is 11.1 Å². The van der Waals surface area contributed by atoms with Crippen molar-refractivity contribution >= 4 is 11.9 Å². The first-order chi connectivity index (χ1) is 23.0. The first kappa shape index (κ1) is 43.2. The maximum atomic E-state index is 12.9. The lowest BCUT2D eigenvalue weighted by Gasteiger charge is -2.22. The zero-order valence-electron chi connectivity index (χ0n) is 31.0. The Balaban J connectivity index is 2.80. The number of aliphatic hydroxyl groups excluding tert-OH is 1. The fourth-order valence-electron chi connectivity index (χ4n) is 6.41. The molecular weight excluding hydrogens is 586 g/mol. The minimum absolute atomic E-state index is 0.0142. The quantitative estimate of drug-likeness (QED) is 0.0918. The maximum Gasteiger partial charge on any atom is 0.306 e. The molecule has 0 radical (unpaired) electrons. The molecule has 1 N–H and O–H groups in total. The highest BCUT2D eigenvalue weighted by Gasteiger charge is 2.15. The van der Waals surface area contributed by atoms with Crippen LogP contribution < -0.4 is 0 Å². The van der Waals surface area contributed by atoms with Crippen LogP contribution >= 0.6 is 0 Å². The van der Waals surface area contributed by atoms with Crippen molar-refractivity contribution in [2.45, 2.75) is 194 Å². The summed E-state index contributed by atoms with van der Waals surface area (Å²) in [7, 11) is 0. The van der Waals surface area contributed by atoms with Crippen LogP contribution in [0.1, 0.15) is 188 Å². The van der Waals surface area contributed by atoms with E-state index in [1.54, 1.807) is 0 Å². The summed E-state index contributed by atoms with van der Waals surface area (Å²) in [6, 6.07) is 0. The number of unbranched alkanes of at least 4 members (excludes halogenated alkanes) is 6. The van der Waals surface area contributed by atoms with Crippen molar-refractivity contribution in [1.29, 1.82) is 0 Å². The number of allylic oxidation sites excluding steroid dienone is 2. The van der Waals surface area contributed by atoms with Crippen LogP contribution in [0.3, 0.4) is 0 Å². The lowest BCUT2D eigenvalue weighted by molar-refractivity contribution is -0.150. The van der Waals surface area contributed by atoms with E-state index in [9.17, 15) is 14.7 Å². The Morgan fingerprint density at radius 3 is 2.26 bits per heavy atom. The summed E-state index contributed by atoms with van der Waals surface area (Å²) >= 11 is 0. The van der Waals surface area contributed by atoms with Gasteiger partial charge in [-0.15, -0.1) is 5.92 Å². The molecule has 6 nitrogen and oxygen atoms in total. The number of cyclic esters (lactones) is 2. The Morgan fingerprint density at radius 1 is 0.766 bits per heavy atom. The minimum atomic E-state index is -0.0974. The van der Waals surface area contributed by atoms with Gasteiger partial charge in [-0.3, -0.25) is 9.59 Å².